The van der Waals surface area contributed by atoms with Crippen LogP contribution >= 0.6 is 23.2 Å². The molecule has 0 aliphatic carbocycles. The monoisotopic (exact) mass is 341 g/mol. The molecule has 0 heterocycles. The highest BCUT2D eigenvalue weighted by Crippen LogP contribution is 2.28. The van der Waals surface area contributed by atoms with Gasteiger partial charge in [0, 0.05) is 16.8 Å². The molecule has 114 valence electrons. The lowest BCUT2D eigenvalue weighted by molar-refractivity contribution is 0.102. The van der Waals surface area contributed by atoms with E-state index in [4.69, 9.17) is 23.2 Å². The van der Waals surface area contributed by atoms with Crippen LogP contribution < -0.4 is 5.32 Å². The van der Waals surface area contributed by atoms with Gasteiger partial charge >= 0.3 is 0 Å². The van der Waals surface area contributed by atoms with Gasteiger partial charge in [-0.2, -0.15) is 0 Å². The SMILES string of the molecule is O=C(Nc1ccccc1-c1ccccc1)c1ccc(Cl)c(Cl)c1. The second-order valence-corrected chi connectivity index (χ2v) is 5.81. The molecular weight excluding hydrogens is 329 g/mol. The van der Waals surface area contributed by atoms with Crippen LogP contribution in [0, 0.1) is 0 Å². The summed E-state index contributed by atoms with van der Waals surface area (Å²) in [6.45, 7) is 0. The number of hydrogen-bond donors (Lipinski definition) is 1. The van der Waals surface area contributed by atoms with Crippen LogP contribution in [0.15, 0.2) is 72.8 Å². The number of rotatable bonds is 3. The first-order valence-corrected chi connectivity index (χ1v) is 7.81. The van der Waals surface area contributed by atoms with Gasteiger partial charge in [0.1, 0.15) is 0 Å². The zero-order valence-electron chi connectivity index (χ0n) is 12.1. The Bertz CT molecular complexity index is 847. The minimum absolute atomic E-state index is 0.230. The minimum atomic E-state index is -0.230. The van der Waals surface area contributed by atoms with E-state index in [9.17, 15) is 4.79 Å². The fourth-order valence-corrected chi connectivity index (χ4v) is 2.59. The van der Waals surface area contributed by atoms with Gasteiger partial charge in [0.15, 0.2) is 0 Å². The summed E-state index contributed by atoms with van der Waals surface area (Å²) in [6, 6.07) is 22.4. The first-order chi connectivity index (χ1) is 11.1. The Kier molecular flexibility index (Phi) is 4.65. The molecule has 0 aromatic heterocycles. The molecule has 0 aliphatic heterocycles. The van der Waals surface area contributed by atoms with Crippen molar-refractivity contribution >= 4 is 34.8 Å². The van der Waals surface area contributed by atoms with E-state index in [1.807, 2.05) is 54.6 Å². The highest BCUT2D eigenvalue weighted by molar-refractivity contribution is 6.42. The van der Waals surface area contributed by atoms with Crippen molar-refractivity contribution in [1.29, 1.82) is 0 Å². The molecule has 3 aromatic rings. The standard InChI is InChI=1S/C19H13Cl2NO/c20-16-11-10-14(12-17(16)21)19(23)22-18-9-5-4-8-15(18)13-6-2-1-3-7-13/h1-12H,(H,22,23). The maximum absolute atomic E-state index is 12.4. The molecule has 0 spiro atoms. The summed E-state index contributed by atoms with van der Waals surface area (Å²) < 4.78 is 0. The highest BCUT2D eigenvalue weighted by Gasteiger charge is 2.11. The summed E-state index contributed by atoms with van der Waals surface area (Å²) in [7, 11) is 0. The molecule has 0 atom stereocenters. The number of carbonyl (C=O) groups is 1. The molecule has 0 saturated heterocycles. The normalized spacial score (nSPS) is 10.3. The Morgan fingerprint density at radius 3 is 2.22 bits per heavy atom. The Morgan fingerprint density at radius 1 is 0.783 bits per heavy atom. The Hall–Kier alpha value is -2.29. The van der Waals surface area contributed by atoms with E-state index >= 15 is 0 Å². The fourth-order valence-electron chi connectivity index (χ4n) is 2.29. The quantitative estimate of drug-likeness (QED) is 0.630. The van der Waals surface area contributed by atoms with Crippen LogP contribution in [0.25, 0.3) is 11.1 Å². The van der Waals surface area contributed by atoms with Gasteiger partial charge in [0.05, 0.1) is 10.0 Å². The maximum atomic E-state index is 12.4. The molecule has 0 bridgehead atoms. The summed E-state index contributed by atoms with van der Waals surface area (Å²) in [6.07, 6.45) is 0. The second kappa shape index (κ2) is 6.86. The molecule has 3 aromatic carbocycles. The average molecular weight is 342 g/mol. The van der Waals surface area contributed by atoms with E-state index in [1.54, 1.807) is 18.2 Å². The van der Waals surface area contributed by atoms with Crippen molar-refractivity contribution < 1.29 is 4.79 Å². The molecule has 4 heteroatoms. The van der Waals surface area contributed by atoms with Crippen LogP contribution in [-0.4, -0.2) is 5.91 Å². The molecule has 3 rings (SSSR count). The molecule has 0 unspecified atom stereocenters. The van der Waals surface area contributed by atoms with Crippen LogP contribution in [0.2, 0.25) is 10.0 Å². The lowest BCUT2D eigenvalue weighted by Gasteiger charge is -2.11. The maximum Gasteiger partial charge on any atom is 0.255 e. The summed E-state index contributed by atoms with van der Waals surface area (Å²) in [5, 5.41) is 3.71. The number of carbonyl (C=O) groups excluding carboxylic acids is 1. The number of nitrogens with one attached hydrogen (secondary N) is 1. The second-order valence-electron chi connectivity index (χ2n) is 4.99. The Morgan fingerprint density at radius 2 is 1.48 bits per heavy atom. The number of hydrogen-bond acceptors (Lipinski definition) is 1. The summed E-state index contributed by atoms with van der Waals surface area (Å²) in [4.78, 5) is 12.4. The van der Waals surface area contributed by atoms with E-state index in [-0.39, 0.29) is 5.91 Å². The van der Waals surface area contributed by atoms with Crippen LogP contribution in [0.1, 0.15) is 10.4 Å². The molecule has 0 radical (unpaired) electrons. The van der Waals surface area contributed by atoms with Gasteiger partial charge in [0.25, 0.3) is 5.91 Å². The van der Waals surface area contributed by atoms with Crippen LogP contribution in [0.4, 0.5) is 5.69 Å². The number of benzene rings is 3. The Balaban J connectivity index is 1.91. The largest absolute Gasteiger partial charge is 0.321 e. The fraction of sp³-hybridized carbons (Fsp3) is 0. The Labute approximate surface area is 144 Å². The summed E-state index contributed by atoms with van der Waals surface area (Å²) in [5.74, 6) is -0.230. The van der Waals surface area contributed by atoms with E-state index in [1.165, 1.54) is 0 Å². The number of halogens is 2. The lowest BCUT2D eigenvalue weighted by atomic mass is 10.0. The zero-order valence-corrected chi connectivity index (χ0v) is 13.6. The zero-order chi connectivity index (χ0) is 16.2. The third-order valence-electron chi connectivity index (χ3n) is 3.44. The summed E-state index contributed by atoms with van der Waals surface area (Å²) in [5.41, 5.74) is 3.20. The van der Waals surface area contributed by atoms with Crippen molar-refractivity contribution in [3.05, 3.63) is 88.4 Å². The molecule has 0 aliphatic rings. The number of anilines is 1. The average Bonchev–Trinajstić information content (AvgIpc) is 2.58. The predicted molar refractivity (Wildman–Crippen MR) is 96.3 cm³/mol. The van der Waals surface area contributed by atoms with E-state index in [2.05, 4.69) is 5.32 Å². The van der Waals surface area contributed by atoms with Crippen molar-refractivity contribution in [1.82, 2.24) is 0 Å². The van der Waals surface area contributed by atoms with Crippen molar-refractivity contribution in [2.24, 2.45) is 0 Å². The first kappa shape index (κ1) is 15.6. The molecular formula is C19H13Cl2NO. The molecule has 0 saturated carbocycles. The molecule has 1 N–H and O–H groups in total. The predicted octanol–water partition coefficient (Wildman–Crippen LogP) is 5.91. The van der Waals surface area contributed by atoms with Crippen LogP contribution in [0.5, 0.6) is 0 Å². The summed E-state index contributed by atoms with van der Waals surface area (Å²) >= 11 is 11.9. The number of amides is 1. The molecule has 23 heavy (non-hydrogen) atoms. The van der Waals surface area contributed by atoms with E-state index in [0.717, 1.165) is 16.8 Å². The van der Waals surface area contributed by atoms with Gasteiger partial charge in [0.2, 0.25) is 0 Å². The van der Waals surface area contributed by atoms with Crippen LogP contribution in [-0.2, 0) is 0 Å². The van der Waals surface area contributed by atoms with Crippen molar-refractivity contribution in [2.75, 3.05) is 5.32 Å². The molecule has 1 amide bonds. The smallest absolute Gasteiger partial charge is 0.255 e. The number of para-hydroxylation sites is 1. The van der Waals surface area contributed by atoms with E-state index in [0.29, 0.717) is 15.6 Å². The van der Waals surface area contributed by atoms with Gasteiger partial charge in [-0.1, -0.05) is 71.7 Å². The van der Waals surface area contributed by atoms with Gasteiger partial charge in [-0.25, -0.2) is 0 Å². The van der Waals surface area contributed by atoms with Gasteiger partial charge < -0.3 is 5.32 Å². The van der Waals surface area contributed by atoms with E-state index < -0.39 is 0 Å². The van der Waals surface area contributed by atoms with Crippen molar-refractivity contribution in [3.63, 3.8) is 0 Å². The molecule has 2 nitrogen and oxygen atoms in total. The topological polar surface area (TPSA) is 29.1 Å². The highest BCUT2D eigenvalue weighted by atomic mass is 35.5. The van der Waals surface area contributed by atoms with Gasteiger partial charge in [-0.05, 0) is 29.8 Å². The molecule has 0 fully saturated rings. The van der Waals surface area contributed by atoms with Crippen LogP contribution in [0.3, 0.4) is 0 Å². The van der Waals surface area contributed by atoms with Gasteiger partial charge in [-0.15, -0.1) is 0 Å². The lowest BCUT2D eigenvalue weighted by Crippen LogP contribution is -2.12. The third kappa shape index (κ3) is 3.55. The first-order valence-electron chi connectivity index (χ1n) is 7.06. The third-order valence-corrected chi connectivity index (χ3v) is 4.18. The van der Waals surface area contributed by atoms with Gasteiger partial charge in [-0.3, -0.25) is 4.79 Å². The minimum Gasteiger partial charge on any atom is -0.321 e. The van der Waals surface area contributed by atoms with Crippen molar-refractivity contribution in [3.8, 4) is 11.1 Å². The van der Waals surface area contributed by atoms with Crippen molar-refractivity contribution in [2.45, 2.75) is 0 Å².